The molecule has 0 aliphatic carbocycles. The maximum Gasteiger partial charge on any atom is 0.135 e. The highest BCUT2D eigenvalue weighted by Crippen LogP contribution is 2.21. The number of halogens is 1. The summed E-state index contributed by atoms with van der Waals surface area (Å²) in [5.74, 6) is 0.154. The molecule has 1 aliphatic heterocycles. The van der Waals surface area contributed by atoms with Crippen molar-refractivity contribution in [2.24, 2.45) is 11.7 Å². The second-order valence-electron chi connectivity index (χ2n) is 2.95. The summed E-state index contributed by atoms with van der Waals surface area (Å²) in [6, 6.07) is 0. The molecule has 1 aliphatic rings. The quantitative estimate of drug-likeness (QED) is 0.604. The summed E-state index contributed by atoms with van der Waals surface area (Å²) < 4.78 is 0. The minimum Gasteiger partial charge on any atom is -0.318 e. The first-order chi connectivity index (χ1) is 5.15. The fourth-order valence-electron chi connectivity index (χ4n) is 1.37. The molecule has 0 aromatic heterocycles. The van der Waals surface area contributed by atoms with Gasteiger partial charge >= 0.3 is 0 Å². The normalized spacial score (nSPS) is 32.6. The molecular weight excluding hydrogens is 164 g/mol. The first-order valence-electron chi connectivity index (χ1n) is 3.72. The third-order valence-corrected chi connectivity index (χ3v) is 2.55. The zero-order valence-corrected chi connectivity index (χ0v) is 7.34. The van der Waals surface area contributed by atoms with Gasteiger partial charge in [0.1, 0.15) is 5.78 Å². The number of nitrogens with zero attached hydrogens (tertiary/aromatic N) is 1. The number of Topliss-reactive ketones (excluding diaryl/α,β-unsaturated/α-hetero) is 1. The summed E-state index contributed by atoms with van der Waals surface area (Å²) in [6.45, 7) is 3.54. The van der Waals surface area contributed by atoms with Crippen molar-refractivity contribution in [2.45, 2.75) is 12.3 Å². The highest BCUT2D eigenvalue weighted by atomic mass is 35.5. The molecule has 0 radical (unpaired) electrons. The number of likely N-dealkylation sites (tertiary alicyclic amines) is 1. The molecule has 0 aromatic rings. The summed E-state index contributed by atoms with van der Waals surface area (Å²) in [7, 11) is 0. The molecule has 0 saturated carbocycles. The molecule has 4 heteroatoms. The molecule has 11 heavy (non-hydrogen) atoms. The molecule has 2 atom stereocenters. The lowest BCUT2D eigenvalue weighted by atomic mass is 10.1. The minimum atomic E-state index is -0.0453. The summed E-state index contributed by atoms with van der Waals surface area (Å²) in [4.78, 5) is 13.0. The molecule has 0 aromatic carbocycles. The van der Waals surface area contributed by atoms with Crippen LogP contribution in [0.2, 0.25) is 0 Å². The van der Waals surface area contributed by atoms with Crippen molar-refractivity contribution in [1.29, 1.82) is 0 Å². The zero-order valence-electron chi connectivity index (χ0n) is 6.59. The molecule has 0 amide bonds. The first-order valence-corrected chi connectivity index (χ1v) is 4.15. The number of ketones is 1. The van der Waals surface area contributed by atoms with Crippen LogP contribution in [0.15, 0.2) is 0 Å². The van der Waals surface area contributed by atoms with Gasteiger partial charge in [0.2, 0.25) is 0 Å². The number of alkyl halides is 1. The maximum atomic E-state index is 11.0. The van der Waals surface area contributed by atoms with Crippen LogP contribution in [0.3, 0.4) is 0 Å². The molecule has 1 heterocycles. The van der Waals surface area contributed by atoms with E-state index in [1.165, 1.54) is 0 Å². The summed E-state index contributed by atoms with van der Waals surface area (Å²) in [5, 5.41) is -0.0453. The van der Waals surface area contributed by atoms with Crippen LogP contribution < -0.4 is 5.73 Å². The third kappa shape index (κ3) is 1.92. The van der Waals surface area contributed by atoms with Crippen LogP contribution in [0.1, 0.15) is 6.92 Å². The van der Waals surface area contributed by atoms with Crippen molar-refractivity contribution in [3.8, 4) is 0 Å². The van der Waals surface area contributed by atoms with Gasteiger partial charge in [-0.3, -0.25) is 9.69 Å². The molecule has 64 valence electrons. The fraction of sp³-hybridized carbons (Fsp3) is 0.857. The average molecular weight is 177 g/mol. The van der Waals surface area contributed by atoms with Crippen LogP contribution >= 0.6 is 11.6 Å². The SMILES string of the molecule is CC(=O)C1CN(CN)CC1Cl. The zero-order chi connectivity index (χ0) is 8.43. The van der Waals surface area contributed by atoms with Crippen LogP contribution in [0.25, 0.3) is 0 Å². The summed E-state index contributed by atoms with van der Waals surface area (Å²) in [5.41, 5.74) is 5.41. The number of hydrogen-bond acceptors (Lipinski definition) is 3. The monoisotopic (exact) mass is 176 g/mol. The Kier molecular flexibility index (Phi) is 2.87. The Balaban J connectivity index is 2.51. The molecule has 1 saturated heterocycles. The first kappa shape index (κ1) is 8.97. The second kappa shape index (κ2) is 3.52. The Morgan fingerprint density at radius 3 is 2.64 bits per heavy atom. The van der Waals surface area contributed by atoms with Crippen molar-refractivity contribution < 1.29 is 4.79 Å². The molecule has 0 spiro atoms. The van der Waals surface area contributed by atoms with Crippen LogP contribution in [0, 0.1) is 5.92 Å². The molecule has 2 N–H and O–H groups in total. The van der Waals surface area contributed by atoms with E-state index in [4.69, 9.17) is 17.3 Å². The molecule has 2 unspecified atom stereocenters. The standard InChI is InChI=1S/C7H13ClN2O/c1-5(11)6-2-10(4-9)3-7(6)8/h6-7H,2-4,9H2,1H3. The van der Waals surface area contributed by atoms with Gasteiger partial charge in [0.25, 0.3) is 0 Å². The lowest BCUT2D eigenvalue weighted by molar-refractivity contribution is -0.120. The van der Waals surface area contributed by atoms with E-state index in [2.05, 4.69) is 0 Å². The van der Waals surface area contributed by atoms with E-state index < -0.39 is 0 Å². The van der Waals surface area contributed by atoms with Crippen molar-refractivity contribution in [3.63, 3.8) is 0 Å². The van der Waals surface area contributed by atoms with Gasteiger partial charge in [-0.2, -0.15) is 0 Å². The Morgan fingerprint density at radius 1 is 1.73 bits per heavy atom. The molecule has 1 rings (SSSR count). The molecule has 0 bridgehead atoms. The maximum absolute atomic E-state index is 11.0. The van der Waals surface area contributed by atoms with E-state index >= 15 is 0 Å². The summed E-state index contributed by atoms with van der Waals surface area (Å²) >= 11 is 5.93. The van der Waals surface area contributed by atoms with Gasteiger partial charge in [0.15, 0.2) is 0 Å². The van der Waals surface area contributed by atoms with Gasteiger partial charge in [0, 0.05) is 25.7 Å². The predicted octanol–water partition coefficient (Wildman–Crippen LogP) is 0.0308. The lowest BCUT2D eigenvalue weighted by Crippen LogP contribution is -2.28. The van der Waals surface area contributed by atoms with E-state index in [0.29, 0.717) is 6.67 Å². The van der Waals surface area contributed by atoms with Gasteiger partial charge in [-0.05, 0) is 6.92 Å². The minimum absolute atomic E-state index is 0.0137. The van der Waals surface area contributed by atoms with Gasteiger partial charge in [0.05, 0.1) is 5.38 Å². The Hall–Kier alpha value is -0.120. The number of carbonyl (C=O) groups is 1. The van der Waals surface area contributed by atoms with Crippen LogP contribution in [0.4, 0.5) is 0 Å². The van der Waals surface area contributed by atoms with E-state index in [1.807, 2.05) is 4.90 Å². The number of nitrogens with two attached hydrogens (primary N) is 1. The number of rotatable bonds is 2. The lowest BCUT2D eigenvalue weighted by Gasteiger charge is -2.10. The van der Waals surface area contributed by atoms with Gasteiger partial charge in [-0.15, -0.1) is 11.6 Å². The molecule has 3 nitrogen and oxygen atoms in total. The van der Waals surface area contributed by atoms with Crippen molar-refractivity contribution in [2.75, 3.05) is 19.8 Å². The predicted molar refractivity (Wildman–Crippen MR) is 44.4 cm³/mol. The average Bonchev–Trinajstić information content (AvgIpc) is 2.30. The topological polar surface area (TPSA) is 46.3 Å². The second-order valence-corrected chi connectivity index (χ2v) is 3.51. The fourth-order valence-corrected chi connectivity index (χ4v) is 1.83. The van der Waals surface area contributed by atoms with Gasteiger partial charge < -0.3 is 5.73 Å². The third-order valence-electron chi connectivity index (χ3n) is 2.10. The Bertz CT molecular complexity index is 163. The van der Waals surface area contributed by atoms with Crippen molar-refractivity contribution >= 4 is 17.4 Å². The number of hydrogen-bond donors (Lipinski definition) is 1. The number of carbonyl (C=O) groups excluding carboxylic acids is 1. The molecular formula is C7H13ClN2O. The Morgan fingerprint density at radius 2 is 2.36 bits per heavy atom. The van der Waals surface area contributed by atoms with Crippen molar-refractivity contribution in [3.05, 3.63) is 0 Å². The summed E-state index contributed by atoms with van der Waals surface area (Å²) in [6.07, 6.45) is 0. The van der Waals surface area contributed by atoms with Crippen LogP contribution in [0.5, 0.6) is 0 Å². The van der Waals surface area contributed by atoms with Crippen LogP contribution in [-0.2, 0) is 4.79 Å². The van der Waals surface area contributed by atoms with Gasteiger partial charge in [-0.25, -0.2) is 0 Å². The molecule has 1 fully saturated rings. The van der Waals surface area contributed by atoms with E-state index in [0.717, 1.165) is 13.1 Å². The van der Waals surface area contributed by atoms with Crippen molar-refractivity contribution in [1.82, 2.24) is 4.90 Å². The largest absolute Gasteiger partial charge is 0.318 e. The smallest absolute Gasteiger partial charge is 0.135 e. The van der Waals surface area contributed by atoms with Gasteiger partial charge in [-0.1, -0.05) is 0 Å². The highest BCUT2D eigenvalue weighted by Gasteiger charge is 2.33. The highest BCUT2D eigenvalue weighted by molar-refractivity contribution is 6.22. The van der Waals surface area contributed by atoms with E-state index in [1.54, 1.807) is 6.92 Å². The van der Waals surface area contributed by atoms with E-state index in [9.17, 15) is 4.79 Å². The van der Waals surface area contributed by atoms with Crippen LogP contribution in [-0.4, -0.2) is 35.8 Å². The Labute approximate surface area is 71.5 Å². The van der Waals surface area contributed by atoms with E-state index in [-0.39, 0.29) is 17.1 Å².